The second kappa shape index (κ2) is 12.8. The molecule has 0 atom stereocenters. The number of ether oxygens (including phenoxy) is 2. The number of sulfonamides is 1. The van der Waals surface area contributed by atoms with E-state index in [0.29, 0.717) is 60.6 Å². The molecule has 1 heterocycles. The number of hydrogen-bond acceptors (Lipinski definition) is 6. The number of unbranched alkanes of at least 4 members (excludes halogenated alkanes) is 2. The fourth-order valence-electron chi connectivity index (χ4n) is 4.23. The van der Waals surface area contributed by atoms with Gasteiger partial charge in [-0.05, 0) is 92.6 Å². The fraction of sp³-hybridized carbons (Fsp3) is 0.379. The van der Waals surface area contributed by atoms with E-state index >= 15 is 0 Å². The van der Waals surface area contributed by atoms with Crippen LogP contribution in [0.2, 0.25) is 0 Å². The van der Waals surface area contributed by atoms with Crippen molar-refractivity contribution in [1.82, 2.24) is 9.71 Å². The largest absolute Gasteiger partial charge is 0.494 e. The highest BCUT2D eigenvalue weighted by Crippen LogP contribution is 2.31. The lowest BCUT2D eigenvalue weighted by atomic mass is 9.98. The predicted octanol–water partition coefficient (Wildman–Crippen LogP) is 5.83. The van der Waals surface area contributed by atoms with Crippen LogP contribution in [-0.4, -0.2) is 43.9 Å². The molecule has 8 nitrogen and oxygen atoms in total. The molecule has 1 fully saturated rings. The number of pyridine rings is 1. The third-order valence-electron chi connectivity index (χ3n) is 6.47. The molecule has 41 heavy (non-hydrogen) atoms. The number of aromatic amines is 1. The van der Waals surface area contributed by atoms with Gasteiger partial charge >= 0.3 is 6.18 Å². The molecule has 0 aliphatic heterocycles. The Hall–Kier alpha value is -3.80. The van der Waals surface area contributed by atoms with E-state index < -0.39 is 39.3 Å². The molecule has 4 rings (SSSR count). The lowest BCUT2D eigenvalue weighted by Crippen LogP contribution is -2.37. The molecule has 2 N–H and O–H groups in total. The van der Waals surface area contributed by atoms with Crippen LogP contribution >= 0.6 is 0 Å². The summed E-state index contributed by atoms with van der Waals surface area (Å²) >= 11 is 0. The van der Waals surface area contributed by atoms with Crippen LogP contribution in [0.15, 0.2) is 59.4 Å². The molecule has 1 amide bonds. The van der Waals surface area contributed by atoms with Crippen LogP contribution in [0.3, 0.4) is 0 Å². The molecule has 12 heteroatoms. The van der Waals surface area contributed by atoms with Gasteiger partial charge in [0.15, 0.2) is 0 Å². The van der Waals surface area contributed by atoms with Crippen molar-refractivity contribution in [3.63, 3.8) is 0 Å². The number of aromatic nitrogens is 1. The maximum atomic E-state index is 13.2. The molecular formula is C29H31F3N2O6S. The molecule has 0 bridgehead atoms. The van der Waals surface area contributed by atoms with Gasteiger partial charge in [-0.15, -0.1) is 0 Å². The minimum absolute atomic E-state index is 0.0520. The van der Waals surface area contributed by atoms with Crippen molar-refractivity contribution in [2.45, 2.75) is 56.9 Å². The van der Waals surface area contributed by atoms with Gasteiger partial charge in [0.05, 0.1) is 18.5 Å². The fourth-order valence-corrected chi connectivity index (χ4v) is 5.52. The van der Waals surface area contributed by atoms with Crippen LogP contribution in [0.1, 0.15) is 55.8 Å². The summed E-state index contributed by atoms with van der Waals surface area (Å²) in [4.78, 5) is 29.0. The van der Waals surface area contributed by atoms with Gasteiger partial charge in [-0.2, -0.15) is 13.2 Å². The van der Waals surface area contributed by atoms with Crippen LogP contribution in [0.5, 0.6) is 11.5 Å². The maximum Gasteiger partial charge on any atom is 0.389 e. The smallest absolute Gasteiger partial charge is 0.389 e. The highest BCUT2D eigenvalue weighted by Gasteiger charge is 2.37. The number of hydrogen-bond donors (Lipinski definition) is 2. The van der Waals surface area contributed by atoms with E-state index in [1.54, 1.807) is 54.6 Å². The van der Waals surface area contributed by atoms with Crippen LogP contribution < -0.4 is 19.8 Å². The molecule has 1 aromatic heterocycles. The first-order valence-corrected chi connectivity index (χ1v) is 14.9. The zero-order valence-electron chi connectivity index (χ0n) is 22.4. The second-order valence-corrected chi connectivity index (χ2v) is 11.7. The maximum absolute atomic E-state index is 13.2. The number of carbonyl (C=O) groups is 1. The zero-order valence-corrected chi connectivity index (χ0v) is 23.2. The Labute approximate surface area is 235 Å². The van der Waals surface area contributed by atoms with Crippen LogP contribution in [0, 0.1) is 0 Å². The normalized spacial score (nSPS) is 13.6. The first-order chi connectivity index (χ1) is 19.5. The van der Waals surface area contributed by atoms with Gasteiger partial charge in [-0.3, -0.25) is 9.59 Å². The summed E-state index contributed by atoms with van der Waals surface area (Å²) in [7, 11) is -3.89. The number of alkyl halides is 3. The summed E-state index contributed by atoms with van der Waals surface area (Å²) < 4.78 is 74.7. The second-order valence-electron chi connectivity index (χ2n) is 9.73. The number of nitrogens with one attached hydrogen (secondary N) is 2. The van der Waals surface area contributed by atoms with Crippen molar-refractivity contribution in [1.29, 1.82) is 0 Å². The third-order valence-corrected chi connectivity index (χ3v) is 8.29. The monoisotopic (exact) mass is 592 g/mol. The highest BCUT2D eigenvalue weighted by molar-refractivity contribution is 7.91. The van der Waals surface area contributed by atoms with Gasteiger partial charge < -0.3 is 14.5 Å². The number of H-pyrrole nitrogens is 1. The molecule has 0 saturated heterocycles. The molecule has 1 saturated carbocycles. The molecule has 0 unspecified atom stereocenters. The van der Waals surface area contributed by atoms with Gasteiger partial charge in [0, 0.05) is 17.7 Å². The summed E-state index contributed by atoms with van der Waals surface area (Å²) in [6.07, 6.45) is -3.11. The molecule has 220 valence electrons. The summed E-state index contributed by atoms with van der Waals surface area (Å²) in [5.41, 5.74) is 0.667. The molecule has 3 aromatic rings. The van der Waals surface area contributed by atoms with E-state index in [1.165, 1.54) is 0 Å². The van der Waals surface area contributed by atoms with Gasteiger partial charge in [-0.1, -0.05) is 12.1 Å². The van der Waals surface area contributed by atoms with Gasteiger partial charge in [0.2, 0.25) is 10.0 Å². The predicted molar refractivity (Wildman–Crippen MR) is 149 cm³/mol. The van der Waals surface area contributed by atoms with E-state index in [0.717, 1.165) is 0 Å². The minimum Gasteiger partial charge on any atom is -0.494 e. The van der Waals surface area contributed by atoms with E-state index in [4.69, 9.17) is 9.47 Å². The summed E-state index contributed by atoms with van der Waals surface area (Å²) in [6, 6.07) is 15.1. The Morgan fingerprint density at radius 1 is 0.951 bits per heavy atom. The molecule has 0 radical (unpaired) electrons. The SMILES string of the molecule is CCOc1ccc(-c2cc(-c3ccc(OCCCCCC(F)(F)F)cc3)[nH]c(=O)c2C(=O)NS(=O)(=O)C2CC2)cc1. The molecule has 2 aromatic carbocycles. The minimum atomic E-state index is -4.15. The number of rotatable bonds is 13. The Morgan fingerprint density at radius 3 is 2.15 bits per heavy atom. The van der Waals surface area contributed by atoms with Crippen LogP contribution in [0.25, 0.3) is 22.4 Å². The van der Waals surface area contributed by atoms with Crippen molar-refractivity contribution in [3.8, 4) is 33.9 Å². The van der Waals surface area contributed by atoms with Crippen molar-refractivity contribution < 1.29 is 35.9 Å². The Kier molecular flexibility index (Phi) is 9.42. The van der Waals surface area contributed by atoms with Crippen molar-refractivity contribution in [2.24, 2.45) is 0 Å². The first kappa shape index (κ1) is 30.2. The molecule has 1 aliphatic carbocycles. The molecule has 0 spiro atoms. The Morgan fingerprint density at radius 2 is 1.56 bits per heavy atom. The van der Waals surface area contributed by atoms with E-state index in [-0.39, 0.29) is 24.2 Å². The van der Waals surface area contributed by atoms with Crippen molar-refractivity contribution >= 4 is 15.9 Å². The van der Waals surface area contributed by atoms with E-state index in [9.17, 15) is 31.2 Å². The zero-order chi connectivity index (χ0) is 29.6. The van der Waals surface area contributed by atoms with Gasteiger partial charge in [0.1, 0.15) is 17.1 Å². The summed E-state index contributed by atoms with van der Waals surface area (Å²) in [5, 5.41) is -0.639. The molecule has 1 aliphatic rings. The summed E-state index contributed by atoms with van der Waals surface area (Å²) in [6.45, 7) is 2.57. The van der Waals surface area contributed by atoms with Crippen LogP contribution in [-0.2, 0) is 10.0 Å². The number of carbonyl (C=O) groups excluding carboxylic acids is 1. The lowest BCUT2D eigenvalue weighted by molar-refractivity contribution is -0.135. The van der Waals surface area contributed by atoms with Gasteiger partial charge in [-0.25, -0.2) is 13.1 Å². The van der Waals surface area contributed by atoms with Crippen molar-refractivity contribution in [3.05, 3.63) is 70.5 Å². The van der Waals surface area contributed by atoms with Crippen molar-refractivity contribution in [2.75, 3.05) is 13.2 Å². The van der Waals surface area contributed by atoms with Gasteiger partial charge in [0.25, 0.3) is 11.5 Å². The van der Waals surface area contributed by atoms with E-state index in [2.05, 4.69) is 4.98 Å². The Bertz CT molecular complexity index is 1510. The number of amides is 1. The lowest BCUT2D eigenvalue weighted by Gasteiger charge is -2.13. The van der Waals surface area contributed by atoms with Crippen LogP contribution in [0.4, 0.5) is 13.2 Å². The Balaban J connectivity index is 1.56. The quantitative estimate of drug-likeness (QED) is 0.242. The average Bonchev–Trinajstić information content (AvgIpc) is 3.77. The standard InChI is InChI=1S/C29H31F3N2O6S/c1-2-39-21-10-6-19(7-11-21)24-18-25(33-27(35)26(24)28(36)34-41(37,38)23-14-15-23)20-8-12-22(13-9-20)40-17-5-3-4-16-29(30,31)32/h6-13,18,23H,2-5,14-17H2,1H3,(H,33,35)(H,34,36). The third kappa shape index (κ3) is 8.35. The number of benzene rings is 2. The highest BCUT2D eigenvalue weighted by atomic mass is 32.2. The topological polar surface area (TPSA) is 115 Å². The molecular weight excluding hydrogens is 561 g/mol. The summed E-state index contributed by atoms with van der Waals surface area (Å²) in [5.74, 6) is 0.104. The number of halogens is 3. The first-order valence-electron chi connectivity index (χ1n) is 13.3. The average molecular weight is 593 g/mol. The van der Waals surface area contributed by atoms with E-state index in [1.807, 2.05) is 11.6 Å².